The summed E-state index contributed by atoms with van der Waals surface area (Å²) < 4.78 is 6.02. The van der Waals surface area contributed by atoms with Gasteiger partial charge in [0, 0.05) is 15.8 Å². The van der Waals surface area contributed by atoms with Crippen molar-refractivity contribution in [1.82, 2.24) is 0 Å². The standard InChI is InChI=1S/C15H15BrN2O2/c1-9-7-11(17)4-5-13(9)18-15(19)12-8-10(16)3-6-14(12)20-2/h3-8H,17H2,1-2H3,(H,18,19). The number of methoxy groups -OCH3 is 1. The van der Waals surface area contributed by atoms with Crippen LogP contribution in [-0.2, 0) is 0 Å². The van der Waals surface area contributed by atoms with Crippen LogP contribution in [0.1, 0.15) is 15.9 Å². The van der Waals surface area contributed by atoms with Gasteiger partial charge in [0.15, 0.2) is 0 Å². The number of aryl methyl sites for hydroxylation is 1. The zero-order valence-electron chi connectivity index (χ0n) is 11.2. The molecule has 0 aliphatic carbocycles. The third-order valence-corrected chi connectivity index (χ3v) is 3.40. The minimum Gasteiger partial charge on any atom is -0.496 e. The summed E-state index contributed by atoms with van der Waals surface area (Å²) in [5.74, 6) is 0.301. The minimum atomic E-state index is -0.226. The van der Waals surface area contributed by atoms with E-state index in [1.54, 1.807) is 24.3 Å². The first-order valence-electron chi connectivity index (χ1n) is 6.02. The lowest BCUT2D eigenvalue weighted by molar-refractivity contribution is 0.102. The molecule has 2 aromatic carbocycles. The summed E-state index contributed by atoms with van der Waals surface area (Å²) in [6.07, 6.45) is 0. The van der Waals surface area contributed by atoms with Crippen LogP contribution in [0.5, 0.6) is 5.75 Å². The highest BCUT2D eigenvalue weighted by molar-refractivity contribution is 9.10. The summed E-state index contributed by atoms with van der Waals surface area (Å²) in [5.41, 5.74) is 8.47. The quantitative estimate of drug-likeness (QED) is 0.843. The fourth-order valence-corrected chi connectivity index (χ4v) is 2.24. The predicted octanol–water partition coefficient (Wildman–Crippen LogP) is 3.60. The molecule has 0 aliphatic rings. The number of carbonyl (C=O) groups excluding carboxylic acids is 1. The largest absolute Gasteiger partial charge is 0.496 e. The Morgan fingerprint density at radius 1 is 1.25 bits per heavy atom. The molecule has 0 bridgehead atoms. The van der Waals surface area contributed by atoms with Crippen LogP contribution in [0.2, 0.25) is 0 Å². The molecule has 2 rings (SSSR count). The zero-order valence-corrected chi connectivity index (χ0v) is 12.8. The van der Waals surface area contributed by atoms with Gasteiger partial charge in [-0.25, -0.2) is 0 Å². The third kappa shape index (κ3) is 3.11. The molecule has 20 heavy (non-hydrogen) atoms. The van der Waals surface area contributed by atoms with Crippen molar-refractivity contribution in [1.29, 1.82) is 0 Å². The van der Waals surface area contributed by atoms with E-state index in [9.17, 15) is 4.79 Å². The van der Waals surface area contributed by atoms with Gasteiger partial charge in [-0.15, -0.1) is 0 Å². The van der Waals surface area contributed by atoms with Gasteiger partial charge in [0.05, 0.1) is 12.7 Å². The fourth-order valence-electron chi connectivity index (χ4n) is 1.87. The van der Waals surface area contributed by atoms with Crippen LogP contribution in [0.15, 0.2) is 40.9 Å². The number of halogens is 1. The SMILES string of the molecule is COc1ccc(Br)cc1C(=O)Nc1ccc(N)cc1C. The average Bonchev–Trinajstić information content (AvgIpc) is 2.41. The van der Waals surface area contributed by atoms with Crippen LogP contribution >= 0.6 is 15.9 Å². The molecule has 2 aromatic rings. The molecule has 0 fully saturated rings. The first-order chi connectivity index (χ1) is 9.51. The van der Waals surface area contributed by atoms with Crippen molar-refractivity contribution in [2.45, 2.75) is 6.92 Å². The van der Waals surface area contributed by atoms with Crippen molar-refractivity contribution in [3.63, 3.8) is 0 Å². The van der Waals surface area contributed by atoms with Gasteiger partial charge in [0.2, 0.25) is 0 Å². The maximum atomic E-state index is 12.3. The van der Waals surface area contributed by atoms with Crippen LogP contribution in [0.4, 0.5) is 11.4 Å². The molecule has 0 unspecified atom stereocenters. The Balaban J connectivity index is 2.30. The molecule has 0 saturated heterocycles. The number of nitrogens with two attached hydrogens (primary N) is 1. The molecule has 3 N–H and O–H groups in total. The molecular weight excluding hydrogens is 320 g/mol. The number of hydrogen-bond donors (Lipinski definition) is 2. The van der Waals surface area contributed by atoms with E-state index in [0.29, 0.717) is 17.0 Å². The number of hydrogen-bond acceptors (Lipinski definition) is 3. The minimum absolute atomic E-state index is 0.226. The summed E-state index contributed by atoms with van der Waals surface area (Å²) in [6, 6.07) is 10.6. The van der Waals surface area contributed by atoms with Crippen molar-refractivity contribution < 1.29 is 9.53 Å². The molecule has 0 heterocycles. The predicted molar refractivity (Wildman–Crippen MR) is 84.2 cm³/mol. The molecule has 0 aliphatic heterocycles. The number of anilines is 2. The topological polar surface area (TPSA) is 64.3 Å². The van der Waals surface area contributed by atoms with Crippen LogP contribution in [-0.4, -0.2) is 13.0 Å². The highest BCUT2D eigenvalue weighted by atomic mass is 79.9. The average molecular weight is 335 g/mol. The van der Waals surface area contributed by atoms with E-state index in [1.165, 1.54) is 7.11 Å². The van der Waals surface area contributed by atoms with E-state index in [4.69, 9.17) is 10.5 Å². The lowest BCUT2D eigenvalue weighted by Gasteiger charge is -2.12. The Labute approximate surface area is 126 Å². The molecule has 4 nitrogen and oxygen atoms in total. The van der Waals surface area contributed by atoms with E-state index < -0.39 is 0 Å². The number of ether oxygens (including phenoxy) is 1. The van der Waals surface area contributed by atoms with Gasteiger partial charge in [-0.2, -0.15) is 0 Å². The summed E-state index contributed by atoms with van der Waals surface area (Å²) >= 11 is 3.35. The van der Waals surface area contributed by atoms with Crippen molar-refractivity contribution in [3.05, 3.63) is 52.0 Å². The van der Waals surface area contributed by atoms with Crippen molar-refractivity contribution in [2.75, 3.05) is 18.2 Å². The van der Waals surface area contributed by atoms with Gasteiger partial charge in [0.25, 0.3) is 5.91 Å². The fraction of sp³-hybridized carbons (Fsp3) is 0.133. The molecule has 104 valence electrons. The van der Waals surface area contributed by atoms with Crippen LogP contribution in [0.25, 0.3) is 0 Å². The molecule has 0 radical (unpaired) electrons. The number of nitrogens with one attached hydrogen (secondary N) is 1. The van der Waals surface area contributed by atoms with E-state index in [0.717, 1.165) is 15.7 Å². The number of carbonyl (C=O) groups is 1. The summed E-state index contributed by atoms with van der Waals surface area (Å²) in [6.45, 7) is 1.89. The summed E-state index contributed by atoms with van der Waals surface area (Å²) in [4.78, 5) is 12.3. The Bertz CT molecular complexity index is 656. The lowest BCUT2D eigenvalue weighted by Crippen LogP contribution is -2.14. The van der Waals surface area contributed by atoms with E-state index >= 15 is 0 Å². The molecule has 5 heteroatoms. The van der Waals surface area contributed by atoms with Gasteiger partial charge in [-0.1, -0.05) is 15.9 Å². The summed E-state index contributed by atoms with van der Waals surface area (Å²) in [5, 5.41) is 2.86. The van der Waals surface area contributed by atoms with Crippen LogP contribution in [0, 0.1) is 6.92 Å². The third-order valence-electron chi connectivity index (χ3n) is 2.90. The Morgan fingerprint density at radius 3 is 2.65 bits per heavy atom. The molecule has 0 saturated carbocycles. The second-order valence-corrected chi connectivity index (χ2v) is 5.29. The number of nitrogen functional groups attached to an aromatic ring is 1. The molecular formula is C15H15BrN2O2. The van der Waals surface area contributed by atoms with Gasteiger partial charge < -0.3 is 15.8 Å². The van der Waals surface area contributed by atoms with Gasteiger partial charge in [0.1, 0.15) is 5.75 Å². The van der Waals surface area contributed by atoms with Gasteiger partial charge in [-0.05, 0) is 48.9 Å². The number of amides is 1. The first kappa shape index (κ1) is 14.4. The van der Waals surface area contributed by atoms with Crippen LogP contribution < -0.4 is 15.8 Å². The second-order valence-electron chi connectivity index (χ2n) is 4.37. The highest BCUT2D eigenvalue weighted by Crippen LogP contribution is 2.25. The molecule has 0 atom stereocenters. The molecule has 0 aromatic heterocycles. The maximum Gasteiger partial charge on any atom is 0.259 e. The Kier molecular flexibility index (Phi) is 4.29. The van der Waals surface area contributed by atoms with Crippen molar-refractivity contribution in [3.8, 4) is 5.75 Å². The Hall–Kier alpha value is -2.01. The second kappa shape index (κ2) is 5.96. The maximum absolute atomic E-state index is 12.3. The number of rotatable bonds is 3. The van der Waals surface area contributed by atoms with E-state index in [-0.39, 0.29) is 5.91 Å². The highest BCUT2D eigenvalue weighted by Gasteiger charge is 2.13. The number of benzene rings is 2. The lowest BCUT2D eigenvalue weighted by atomic mass is 10.1. The monoisotopic (exact) mass is 334 g/mol. The van der Waals surface area contributed by atoms with E-state index in [2.05, 4.69) is 21.2 Å². The van der Waals surface area contributed by atoms with Gasteiger partial charge >= 0.3 is 0 Å². The smallest absolute Gasteiger partial charge is 0.259 e. The van der Waals surface area contributed by atoms with E-state index in [1.807, 2.05) is 19.1 Å². The molecule has 1 amide bonds. The van der Waals surface area contributed by atoms with Crippen molar-refractivity contribution >= 4 is 33.2 Å². The summed E-state index contributed by atoms with van der Waals surface area (Å²) in [7, 11) is 1.54. The van der Waals surface area contributed by atoms with Crippen LogP contribution in [0.3, 0.4) is 0 Å². The van der Waals surface area contributed by atoms with Gasteiger partial charge in [-0.3, -0.25) is 4.79 Å². The van der Waals surface area contributed by atoms with Crippen molar-refractivity contribution in [2.24, 2.45) is 0 Å². The Morgan fingerprint density at radius 2 is 2.00 bits per heavy atom. The first-order valence-corrected chi connectivity index (χ1v) is 6.81. The normalized spacial score (nSPS) is 10.2. The molecule has 0 spiro atoms. The zero-order chi connectivity index (χ0) is 14.7.